The molecular formula is C7H5N5S. The number of nitrogens with one attached hydrogen (secondary N) is 1. The van der Waals surface area contributed by atoms with Crippen LogP contribution in [0.15, 0.2) is 11.4 Å². The summed E-state index contributed by atoms with van der Waals surface area (Å²) in [4.78, 5) is 7.99. The molecule has 6 heteroatoms. The number of hydrogen-bond donors (Lipinski definition) is 1. The largest absolute Gasteiger partial charge is 0.265 e. The molecule has 0 unspecified atom stereocenters. The highest BCUT2D eigenvalue weighted by Gasteiger charge is 2.10. The van der Waals surface area contributed by atoms with Crippen LogP contribution in [-0.4, -0.2) is 26.4 Å². The summed E-state index contributed by atoms with van der Waals surface area (Å²) in [6.07, 6.45) is 3.34. The van der Waals surface area contributed by atoms with Crippen LogP contribution in [0, 0.1) is 11.3 Å². The van der Waals surface area contributed by atoms with Gasteiger partial charge in [0.25, 0.3) is 0 Å². The lowest BCUT2D eigenvalue weighted by Crippen LogP contribution is -1.84. The van der Waals surface area contributed by atoms with Crippen LogP contribution in [0.3, 0.4) is 0 Å². The van der Waals surface area contributed by atoms with Crippen molar-refractivity contribution in [2.24, 2.45) is 0 Å². The van der Waals surface area contributed by atoms with Gasteiger partial charge in [0, 0.05) is 0 Å². The summed E-state index contributed by atoms with van der Waals surface area (Å²) >= 11 is 1.47. The Hall–Kier alpha value is -1.61. The molecule has 2 heterocycles. The molecule has 2 aromatic rings. The lowest BCUT2D eigenvalue weighted by Gasteiger charge is -1.94. The number of H-pyrrole nitrogens is 1. The Kier molecular flexibility index (Phi) is 1.87. The molecule has 0 saturated carbocycles. The lowest BCUT2D eigenvalue weighted by atomic mass is 10.3. The maximum absolute atomic E-state index is 8.76. The quantitative estimate of drug-likeness (QED) is 0.536. The fourth-order valence-electron chi connectivity index (χ4n) is 1.06. The Morgan fingerprint density at radius 1 is 1.54 bits per heavy atom. The van der Waals surface area contributed by atoms with Crippen molar-refractivity contribution < 1.29 is 0 Å². The van der Waals surface area contributed by atoms with Gasteiger partial charge in [0.1, 0.15) is 23.1 Å². The van der Waals surface area contributed by atoms with E-state index in [0.717, 1.165) is 5.03 Å². The van der Waals surface area contributed by atoms with E-state index < -0.39 is 0 Å². The Balaban J connectivity index is 2.85. The van der Waals surface area contributed by atoms with E-state index in [-0.39, 0.29) is 0 Å². The van der Waals surface area contributed by atoms with Gasteiger partial charge in [-0.15, -0.1) is 11.8 Å². The van der Waals surface area contributed by atoms with Crippen molar-refractivity contribution in [2.75, 3.05) is 6.26 Å². The van der Waals surface area contributed by atoms with E-state index in [0.29, 0.717) is 16.7 Å². The molecule has 1 N–H and O–H groups in total. The zero-order valence-corrected chi connectivity index (χ0v) is 7.59. The molecule has 2 rings (SSSR count). The van der Waals surface area contributed by atoms with Gasteiger partial charge in [-0.2, -0.15) is 10.4 Å². The van der Waals surface area contributed by atoms with Gasteiger partial charge in [-0.3, -0.25) is 5.10 Å². The molecule has 0 aliphatic carbocycles. The van der Waals surface area contributed by atoms with E-state index in [1.165, 1.54) is 18.1 Å². The summed E-state index contributed by atoms with van der Waals surface area (Å²) < 4.78 is 0. The number of thioether (sulfide) groups is 1. The minimum atomic E-state index is 0.417. The van der Waals surface area contributed by atoms with Crippen LogP contribution in [0.1, 0.15) is 5.69 Å². The molecule has 2 aromatic heterocycles. The number of nitrogens with zero attached hydrogens (tertiary/aromatic N) is 4. The standard InChI is InChI=1S/C7H5N5S/c1-13-7-5-4(2-8)11-12-6(5)9-3-10-7/h3H,1H3,(H,9,10,11,12). The maximum atomic E-state index is 8.76. The van der Waals surface area contributed by atoms with Crippen molar-refractivity contribution in [3.8, 4) is 6.07 Å². The van der Waals surface area contributed by atoms with Gasteiger partial charge < -0.3 is 0 Å². The summed E-state index contributed by atoms with van der Waals surface area (Å²) in [6, 6.07) is 2.01. The zero-order valence-electron chi connectivity index (χ0n) is 6.77. The van der Waals surface area contributed by atoms with Crippen LogP contribution in [-0.2, 0) is 0 Å². The Morgan fingerprint density at radius 2 is 2.38 bits per heavy atom. The van der Waals surface area contributed by atoms with Crippen LogP contribution >= 0.6 is 11.8 Å². The van der Waals surface area contributed by atoms with Crippen molar-refractivity contribution in [3.05, 3.63) is 12.0 Å². The third-order valence-corrected chi connectivity index (χ3v) is 2.32. The summed E-state index contributed by atoms with van der Waals surface area (Å²) in [5.74, 6) is 0. The minimum Gasteiger partial charge on any atom is -0.265 e. The van der Waals surface area contributed by atoms with Gasteiger partial charge in [0.15, 0.2) is 5.65 Å². The fourth-order valence-corrected chi connectivity index (χ4v) is 1.61. The van der Waals surface area contributed by atoms with E-state index in [2.05, 4.69) is 20.2 Å². The van der Waals surface area contributed by atoms with Crippen molar-refractivity contribution in [3.63, 3.8) is 0 Å². The number of rotatable bonds is 1. The van der Waals surface area contributed by atoms with Crippen LogP contribution < -0.4 is 0 Å². The van der Waals surface area contributed by atoms with Crippen molar-refractivity contribution in [1.29, 1.82) is 5.26 Å². The highest BCUT2D eigenvalue weighted by Crippen LogP contribution is 2.23. The molecule has 0 aliphatic heterocycles. The molecule has 0 aliphatic rings. The minimum absolute atomic E-state index is 0.417. The average molecular weight is 191 g/mol. The van der Waals surface area contributed by atoms with Gasteiger partial charge in [0.2, 0.25) is 0 Å². The first-order chi connectivity index (χ1) is 6.36. The smallest absolute Gasteiger partial charge is 0.186 e. The Morgan fingerprint density at radius 3 is 3.08 bits per heavy atom. The third-order valence-electron chi connectivity index (χ3n) is 1.62. The van der Waals surface area contributed by atoms with E-state index in [4.69, 9.17) is 5.26 Å². The van der Waals surface area contributed by atoms with Crippen LogP contribution in [0.5, 0.6) is 0 Å². The van der Waals surface area contributed by atoms with Gasteiger partial charge in [0.05, 0.1) is 5.39 Å². The summed E-state index contributed by atoms with van der Waals surface area (Å²) in [7, 11) is 0. The average Bonchev–Trinajstić information content (AvgIpc) is 2.60. The van der Waals surface area contributed by atoms with Crippen LogP contribution in [0.2, 0.25) is 0 Å². The second-order valence-electron chi connectivity index (χ2n) is 2.29. The summed E-state index contributed by atoms with van der Waals surface area (Å²) in [5, 5.41) is 16.7. The highest BCUT2D eigenvalue weighted by atomic mass is 32.2. The molecule has 0 bridgehead atoms. The molecule has 0 aromatic carbocycles. The topological polar surface area (TPSA) is 78.2 Å². The van der Waals surface area contributed by atoms with Crippen molar-refractivity contribution in [1.82, 2.24) is 20.2 Å². The van der Waals surface area contributed by atoms with E-state index in [1.54, 1.807) is 0 Å². The van der Waals surface area contributed by atoms with E-state index in [9.17, 15) is 0 Å². The molecule has 13 heavy (non-hydrogen) atoms. The predicted octanol–water partition coefficient (Wildman–Crippen LogP) is 0.946. The molecule has 64 valence electrons. The van der Waals surface area contributed by atoms with Gasteiger partial charge >= 0.3 is 0 Å². The second-order valence-corrected chi connectivity index (χ2v) is 3.09. The number of aromatic amines is 1. The molecular weight excluding hydrogens is 186 g/mol. The van der Waals surface area contributed by atoms with Crippen LogP contribution in [0.25, 0.3) is 11.0 Å². The zero-order chi connectivity index (χ0) is 9.26. The van der Waals surface area contributed by atoms with E-state index >= 15 is 0 Å². The van der Waals surface area contributed by atoms with Gasteiger partial charge in [-0.1, -0.05) is 0 Å². The first-order valence-electron chi connectivity index (χ1n) is 3.50. The summed E-state index contributed by atoms with van der Waals surface area (Å²) in [6.45, 7) is 0. The monoisotopic (exact) mass is 191 g/mol. The summed E-state index contributed by atoms with van der Waals surface area (Å²) in [5.41, 5.74) is 0.954. The molecule has 5 nitrogen and oxygen atoms in total. The van der Waals surface area contributed by atoms with Crippen molar-refractivity contribution >= 4 is 22.8 Å². The first-order valence-corrected chi connectivity index (χ1v) is 4.72. The molecule has 0 fully saturated rings. The molecule has 0 spiro atoms. The lowest BCUT2D eigenvalue weighted by molar-refractivity contribution is 1.06. The number of fused-ring (bicyclic) bond motifs is 1. The number of aromatic nitrogens is 4. The predicted molar refractivity (Wildman–Crippen MR) is 48.2 cm³/mol. The highest BCUT2D eigenvalue weighted by molar-refractivity contribution is 7.98. The van der Waals surface area contributed by atoms with Gasteiger partial charge in [-0.05, 0) is 6.26 Å². The molecule has 0 amide bonds. The van der Waals surface area contributed by atoms with Crippen molar-refractivity contribution in [2.45, 2.75) is 5.03 Å². The Labute approximate surface area is 78.2 Å². The Bertz CT molecular complexity index is 483. The SMILES string of the molecule is CSc1ncnc2n[nH]c(C#N)c12. The molecule has 0 radical (unpaired) electrons. The van der Waals surface area contributed by atoms with Crippen LogP contribution in [0.4, 0.5) is 0 Å². The first kappa shape index (κ1) is 8.01. The normalized spacial score (nSPS) is 10.2. The number of hydrogen-bond acceptors (Lipinski definition) is 5. The van der Waals surface area contributed by atoms with E-state index in [1.807, 2.05) is 12.3 Å². The molecule has 0 atom stereocenters. The maximum Gasteiger partial charge on any atom is 0.186 e. The third kappa shape index (κ3) is 1.13. The second kappa shape index (κ2) is 3.03. The fraction of sp³-hybridized carbons (Fsp3) is 0.143. The molecule has 0 saturated heterocycles. The number of nitriles is 1. The van der Waals surface area contributed by atoms with Gasteiger partial charge in [-0.25, -0.2) is 9.97 Å².